The quantitative estimate of drug-likeness (QED) is 0.840. The van der Waals surface area contributed by atoms with Crippen LogP contribution in [0.1, 0.15) is 31.4 Å². The maximum atomic E-state index is 9.59. The minimum absolute atomic E-state index is 0.111. The number of phenols is 1. The van der Waals surface area contributed by atoms with Crippen molar-refractivity contribution in [2.45, 2.75) is 25.8 Å². The first-order chi connectivity index (χ1) is 6.56. The van der Waals surface area contributed by atoms with E-state index in [4.69, 9.17) is 28.9 Å². The molecule has 0 fully saturated rings. The second-order valence-electron chi connectivity index (χ2n) is 3.22. The second-order valence-corrected chi connectivity index (χ2v) is 4.03. The first-order valence-electron chi connectivity index (χ1n) is 4.49. The maximum absolute atomic E-state index is 9.59. The minimum atomic E-state index is -0.185. The first-order valence-corrected chi connectivity index (χ1v) is 5.25. The lowest BCUT2D eigenvalue weighted by atomic mass is 10.0. The lowest BCUT2D eigenvalue weighted by Crippen LogP contribution is -2.09. The largest absolute Gasteiger partial charge is 0.508 e. The van der Waals surface area contributed by atoms with Crippen LogP contribution in [0.3, 0.4) is 0 Å². The van der Waals surface area contributed by atoms with Crippen molar-refractivity contribution in [1.82, 2.24) is 0 Å². The monoisotopic (exact) mass is 233 g/mol. The zero-order valence-electron chi connectivity index (χ0n) is 7.93. The van der Waals surface area contributed by atoms with Gasteiger partial charge in [-0.25, -0.2) is 0 Å². The van der Waals surface area contributed by atoms with Gasteiger partial charge in [0.15, 0.2) is 0 Å². The molecule has 0 amide bonds. The highest BCUT2D eigenvalue weighted by molar-refractivity contribution is 6.42. The van der Waals surface area contributed by atoms with Gasteiger partial charge in [0.25, 0.3) is 0 Å². The summed E-state index contributed by atoms with van der Waals surface area (Å²) >= 11 is 11.6. The van der Waals surface area contributed by atoms with Crippen LogP contribution in [0.25, 0.3) is 0 Å². The lowest BCUT2D eigenvalue weighted by molar-refractivity contribution is 0.458. The Hall–Kier alpha value is -0.440. The molecule has 0 bridgehead atoms. The molecule has 78 valence electrons. The number of rotatable bonds is 3. The molecular weight excluding hydrogens is 221 g/mol. The topological polar surface area (TPSA) is 46.2 Å². The Morgan fingerprint density at radius 2 is 1.93 bits per heavy atom. The molecular formula is C10H13Cl2NO. The van der Waals surface area contributed by atoms with E-state index in [1.165, 1.54) is 6.07 Å². The van der Waals surface area contributed by atoms with Gasteiger partial charge in [-0.2, -0.15) is 0 Å². The summed E-state index contributed by atoms with van der Waals surface area (Å²) in [6, 6.07) is 2.86. The summed E-state index contributed by atoms with van der Waals surface area (Å²) in [7, 11) is 0. The highest BCUT2D eigenvalue weighted by Crippen LogP contribution is 2.33. The highest BCUT2D eigenvalue weighted by Gasteiger charge is 2.12. The Bertz CT molecular complexity index is 328. The van der Waals surface area contributed by atoms with E-state index in [0.717, 1.165) is 12.8 Å². The van der Waals surface area contributed by atoms with Crippen LogP contribution in [0.4, 0.5) is 0 Å². The molecule has 0 saturated heterocycles. The molecule has 0 spiro atoms. The van der Waals surface area contributed by atoms with Crippen LogP contribution in [0, 0.1) is 0 Å². The van der Waals surface area contributed by atoms with E-state index in [1.807, 2.05) is 6.92 Å². The maximum Gasteiger partial charge on any atom is 0.121 e. The van der Waals surface area contributed by atoms with Gasteiger partial charge >= 0.3 is 0 Å². The zero-order valence-corrected chi connectivity index (χ0v) is 9.44. The second kappa shape index (κ2) is 4.87. The van der Waals surface area contributed by atoms with Gasteiger partial charge < -0.3 is 10.8 Å². The third kappa shape index (κ3) is 2.53. The van der Waals surface area contributed by atoms with Crippen molar-refractivity contribution in [2.24, 2.45) is 5.73 Å². The van der Waals surface area contributed by atoms with Crippen molar-refractivity contribution in [3.63, 3.8) is 0 Å². The molecule has 1 rings (SSSR count). The molecule has 1 unspecified atom stereocenters. The Balaban J connectivity index is 3.02. The Kier molecular flexibility index (Phi) is 4.05. The average molecular weight is 234 g/mol. The van der Waals surface area contributed by atoms with Crippen LogP contribution in [-0.2, 0) is 0 Å². The summed E-state index contributed by atoms with van der Waals surface area (Å²) in [4.78, 5) is 0. The molecule has 0 aliphatic rings. The number of benzene rings is 1. The summed E-state index contributed by atoms with van der Waals surface area (Å²) < 4.78 is 0. The predicted molar refractivity (Wildman–Crippen MR) is 60.0 cm³/mol. The summed E-state index contributed by atoms with van der Waals surface area (Å²) in [5.74, 6) is 0.111. The molecule has 0 aliphatic heterocycles. The Morgan fingerprint density at radius 1 is 1.36 bits per heavy atom. The third-order valence-electron chi connectivity index (χ3n) is 2.07. The van der Waals surface area contributed by atoms with Gasteiger partial charge in [0.1, 0.15) is 5.75 Å². The van der Waals surface area contributed by atoms with Gasteiger partial charge in [0.05, 0.1) is 10.0 Å². The number of phenolic OH excluding ortho intramolecular Hbond substituents is 1. The van der Waals surface area contributed by atoms with Crippen molar-refractivity contribution in [2.75, 3.05) is 0 Å². The van der Waals surface area contributed by atoms with Crippen molar-refractivity contribution in [3.8, 4) is 5.75 Å². The molecule has 1 atom stereocenters. The summed E-state index contributed by atoms with van der Waals surface area (Å²) in [5.41, 5.74) is 6.52. The van der Waals surface area contributed by atoms with Crippen molar-refractivity contribution in [1.29, 1.82) is 0 Å². The van der Waals surface area contributed by atoms with Crippen LogP contribution in [0.2, 0.25) is 10.0 Å². The number of nitrogens with two attached hydrogens (primary N) is 1. The van der Waals surface area contributed by atoms with Gasteiger partial charge in [-0.05, 0) is 12.5 Å². The van der Waals surface area contributed by atoms with Crippen molar-refractivity contribution < 1.29 is 5.11 Å². The Morgan fingerprint density at radius 3 is 2.50 bits per heavy atom. The number of halogens is 2. The number of hydrogen-bond donors (Lipinski definition) is 2. The smallest absolute Gasteiger partial charge is 0.121 e. The van der Waals surface area contributed by atoms with Crippen LogP contribution in [-0.4, -0.2) is 5.11 Å². The normalized spacial score (nSPS) is 12.9. The SMILES string of the molecule is CCCC(N)c1cc(Cl)c(Cl)cc1O. The number of aromatic hydroxyl groups is 1. The van der Waals surface area contributed by atoms with Gasteiger partial charge in [-0.1, -0.05) is 36.5 Å². The van der Waals surface area contributed by atoms with Gasteiger partial charge in [-0.15, -0.1) is 0 Å². The molecule has 2 nitrogen and oxygen atoms in total. The molecule has 14 heavy (non-hydrogen) atoms. The molecule has 3 N–H and O–H groups in total. The number of hydrogen-bond acceptors (Lipinski definition) is 2. The lowest BCUT2D eigenvalue weighted by Gasteiger charge is -2.13. The fourth-order valence-corrected chi connectivity index (χ4v) is 1.65. The van der Waals surface area contributed by atoms with Crippen LogP contribution in [0.5, 0.6) is 5.75 Å². The zero-order chi connectivity index (χ0) is 10.7. The third-order valence-corrected chi connectivity index (χ3v) is 2.79. The summed E-state index contributed by atoms with van der Waals surface area (Å²) in [5, 5.41) is 10.4. The van der Waals surface area contributed by atoms with Gasteiger partial charge in [-0.3, -0.25) is 0 Å². The molecule has 4 heteroatoms. The first kappa shape index (κ1) is 11.6. The minimum Gasteiger partial charge on any atom is -0.508 e. The molecule has 0 heterocycles. The summed E-state index contributed by atoms with van der Waals surface area (Å²) in [6.45, 7) is 2.04. The molecule has 0 aliphatic carbocycles. The molecule has 1 aromatic carbocycles. The molecule has 0 radical (unpaired) electrons. The fourth-order valence-electron chi connectivity index (χ4n) is 1.32. The van der Waals surface area contributed by atoms with Crippen LogP contribution in [0.15, 0.2) is 12.1 Å². The Labute approximate surface area is 93.6 Å². The van der Waals surface area contributed by atoms with Crippen molar-refractivity contribution in [3.05, 3.63) is 27.7 Å². The van der Waals surface area contributed by atoms with Crippen molar-refractivity contribution >= 4 is 23.2 Å². The van der Waals surface area contributed by atoms with E-state index in [0.29, 0.717) is 15.6 Å². The van der Waals surface area contributed by atoms with E-state index in [1.54, 1.807) is 6.07 Å². The van der Waals surface area contributed by atoms with E-state index in [2.05, 4.69) is 0 Å². The van der Waals surface area contributed by atoms with E-state index in [9.17, 15) is 5.11 Å². The predicted octanol–water partition coefficient (Wildman–Crippen LogP) is 3.50. The fraction of sp³-hybridized carbons (Fsp3) is 0.400. The average Bonchev–Trinajstić information content (AvgIpc) is 2.11. The van der Waals surface area contributed by atoms with Gasteiger partial charge in [0, 0.05) is 17.7 Å². The highest BCUT2D eigenvalue weighted by atomic mass is 35.5. The van der Waals surface area contributed by atoms with E-state index < -0.39 is 0 Å². The van der Waals surface area contributed by atoms with Crippen LogP contribution < -0.4 is 5.73 Å². The molecule has 0 aromatic heterocycles. The van der Waals surface area contributed by atoms with Gasteiger partial charge in [0.2, 0.25) is 0 Å². The summed E-state index contributed by atoms with van der Waals surface area (Å²) in [6.07, 6.45) is 1.77. The standard InChI is InChI=1S/C10H13Cl2NO/c1-2-3-9(13)6-4-7(11)8(12)5-10(6)14/h4-5,9,14H,2-3,13H2,1H3. The molecule has 1 aromatic rings. The molecule has 0 saturated carbocycles. The van der Waals surface area contributed by atoms with E-state index in [-0.39, 0.29) is 11.8 Å². The van der Waals surface area contributed by atoms with E-state index >= 15 is 0 Å². The van der Waals surface area contributed by atoms with Crippen LogP contribution >= 0.6 is 23.2 Å².